The smallest absolute Gasteiger partial charge is 0.129 e. The standard InChI is InChI=1S/C14H21F2N/c1-3-6-11(17-9-4-2)10-12-13(15)7-5-8-14(12)16/h5,7-8,11,17H,3-4,6,9-10H2,1-2H3. The Morgan fingerprint density at radius 2 is 1.76 bits per heavy atom. The molecule has 0 aliphatic rings. The third kappa shape index (κ3) is 4.43. The van der Waals surface area contributed by atoms with Crippen LogP contribution in [-0.4, -0.2) is 12.6 Å². The van der Waals surface area contributed by atoms with Gasteiger partial charge in [0.05, 0.1) is 0 Å². The third-order valence-corrected chi connectivity index (χ3v) is 2.83. The number of rotatable bonds is 7. The lowest BCUT2D eigenvalue weighted by molar-refractivity contribution is 0.451. The summed E-state index contributed by atoms with van der Waals surface area (Å²) < 4.78 is 27.0. The minimum Gasteiger partial charge on any atom is -0.314 e. The lowest BCUT2D eigenvalue weighted by Crippen LogP contribution is -2.32. The Hall–Kier alpha value is -0.960. The quantitative estimate of drug-likeness (QED) is 0.768. The van der Waals surface area contributed by atoms with Gasteiger partial charge in [-0.3, -0.25) is 0 Å². The molecule has 1 rings (SSSR count). The van der Waals surface area contributed by atoms with Crippen LogP contribution in [0.2, 0.25) is 0 Å². The molecule has 1 atom stereocenters. The molecule has 96 valence electrons. The van der Waals surface area contributed by atoms with Gasteiger partial charge in [-0.05, 0) is 37.9 Å². The monoisotopic (exact) mass is 241 g/mol. The molecule has 1 unspecified atom stereocenters. The summed E-state index contributed by atoms with van der Waals surface area (Å²) in [5.41, 5.74) is 0.203. The van der Waals surface area contributed by atoms with Crippen molar-refractivity contribution in [1.29, 1.82) is 0 Å². The first-order valence-corrected chi connectivity index (χ1v) is 6.35. The van der Waals surface area contributed by atoms with E-state index in [-0.39, 0.29) is 11.6 Å². The van der Waals surface area contributed by atoms with Crippen molar-refractivity contribution in [3.63, 3.8) is 0 Å². The summed E-state index contributed by atoms with van der Waals surface area (Å²) >= 11 is 0. The molecule has 0 amide bonds. The van der Waals surface area contributed by atoms with Crippen LogP contribution in [-0.2, 0) is 6.42 Å². The Kier molecular flexibility index (Phi) is 6.12. The van der Waals surface area contributed by atoms with Crippen LogP contribution >= 0.6 is 0 Å². The van der Waals surface area contributed by atoms with E-state index in [0.717, 1.165) is 25.8 Å². The lowest BCUT2D eigenvalue weighted by Gasteiger charge is -2.18. The molecule has 0 saturated carbocycles. The van der Waals surface area contributed by atoms with E-state index in [4.69, 9.17) is 0 Å². The third-order valence-electron chi connectivity index (χ3n) is 2.83. The van der Waals surface area contributed by atoms with Crippen LogP contribution in [0.4, 0.5) is 8.78 Å². The summed E-state index contributed by atoms with van der Waals surface area (Å²) in [6, 6.07) is 4.21. The summed E-state index contributed by atoms with van der Waals surface area (Å²) in [6.45, 7) is 5.05. The van der Waals surface area contributed by atoms with E-state index in [1.165, 1.54) is 18.2 Å². The zero-order valence-corrected chi connectivity index (χ0v) is 10.6. The van der Waals surface area contributed by atoms with E-state index in [2.05, 4.69) is 19.2 Å². The molecule has 0 heterocycles. The highest BCUT2D eigenvalue weighted by molar-refractivity contribution is 5.20. The van der Waals surface area contributed by atoms with Crippen molar-refractivity contribution in [3.8, 4) is 0 Å². The zero-order chi connectivity index (χ0) is 12.7. The van der Waals surface area contributed by atoms with E-state index in [9.17, 15) is 8.78 Å². The minimum absolute atomic E-state index is 0.159. The highest BCUT2D eigenvalue weighted by Gasteiger charge is 2.14. The van der Waals surface area contributed by atoms with Crippen LogP contribution in [0.15, 0.2) is 18.2 Å². The Morgan fingerprint density at radius 3 is 2.29 bits per heavy atom. The van der Waals surface area contributed by atoms with Gasteiger partial charge in [0, 0.05) is 11.6 Å². The maximum atomic E-state index is 13.5. The molecule has 0 aromatic heterocycles. The molecule has 17 heavy (non-hydrogen) atoms. The number of benzene rings is 1. The van der Waals surface area contributed by atoms with Gasteiger partial charge in [0.25, 0.3) is 0 Å². The summed E-state index contributed by atoms with van der Waals surface area (Å²) in [7, 11) is 0. The SMILES string of the molecule is CCCNC(CCC)Cc1c(F)cccc1F. The maximum Gasteiger partial charge on any atom is 0.129 e. The van der Waals surface area contributed by atoms with Crippen molar-refractivity contribution >= 4 is 0 Å². The fraction of sp³-hybridized carbons (Fsp3) is 0.571. The van der Waals surface area contributed by atoms with Gasteiger partial charge in [-0.1, -0.05) is 26.3 Å². The van der Waals surface area contributed by atoms with Gasteiger partial charge in [0.1, 0.15) is 11.6 Å². The molecule has 0 radical (unpaired) electrons. The molecular weight excluding hydrogens is 220 g/mol. The van der Waals surface area contributed by atoms with Gasteiger partial charge in [-0.15, -0.1) is 0 Å². The molecule has 0 spiro atoms. The van der Waals surface area contributed by atoms with Crippen molar-refractivity contribution < 1.29 is 8.78 Å². The second-order valence-corrected chi connectivity index (χ2v) is 4.34. The molecule has 0 aliphatic heterocycles. The van der Waals surface area contributed by atoms with Crippen LogP contribution in [0, 0.1) is 11.6 Å². The van der Waals surface area contributed by atoms with E-state index in [0.29, 0.717) is 6.42 Å². The molecule has 0 aliphatic carbocycles. The van der Waals surface area contributed by atoms with Crippen LogP contribution < -0.4 is 5.32 Å². The maximum absolute atomic E-state index is 13.5. The molecule has 0 saturated heterocycles. The fourth-order valence-corrected chi connectivity index (χ4v) is 1.95. The summed E-state index contributed by atoms with van der Waals surface area (Å²) in [5.74, 6) is -0.881. The first-order chi connectivity index (χ1) is 8.19. The van der Waals surface area contributed by atoms with Crippen LogP contribution in [0.25, 0.3) is 0 Å². The van der Waals surface area contributed by atoms with E-state index < -0.39 is 11.6 Å². The van der Waals surface area contributed by atoms with E-state index >= 15 is 0 Å². The molecule has 1 N–H and O–H groups in total. The van der Waals surface area contributed by atoms with Gasteiger partial charge >= 0.3 is 0 Å². The van der Waals surface area contributed by atoms with Crippen LogP contribution in [0.1, 0.15) is 38.7 Å². The van der Waals surface area contributed by atoms with Crippen molar-refractivity contribution in [2.24, 2.45) is 0 Å². The summed E-state index contributed by atoms with van der Waals surface area (Å²) in [5, 5.41) is 3.34. The summed E-state index contributed by atoms with van der Waals surface area (Å²) in [4.78, 5) is 0. The molecule has 1 aromatic carbocycles. The van der Waals surface area contributed by atoms with E-state index in [1.54, 1.807) is 0 Å². The number of hydrogen-bond acceptors (Lipinski definition) is 1. The Labute approximate surface area is 102 Å². The van der Waals surface area contributed by atoms with Crippen molar-refractivity contribution in [1.82, 2.24) is 5.32 Å². The van der Waals surface area contributed by atoms with Crippen molar-refractivity contribution in [2.45, 2.75) is 45.6 Å². The van der Waals surface area contributed by atoms with Gasteiger partial charge in [0.2, 0.25) is 0 Å². The molecule has 1 aromatic rings. The van der Waals surface area contributed by atoms with Gasteiger partial charge in [-0.2, -0.15) is 0 Å². The highest BCUT2D eigenvalue weighted by Crippen LogP contribution is 2.15. The van der Waals surface area contributed by atoms with E-state index in [1.807, 2.05) is 0 Å². The van der Waals surface area contributed by atoms with Gasteiger partial charge in [0.15, 0.2) is 0 Å². The predicted molar refractivity (Wildman–Crippen MR) is 67.1 cm³/mol. The Morgan fingerprint density at radius 1 is 1.12 bits per heavy atom. The second kappa shape index (κ2) is 7.38. The molecule has 3 heteroatoms. The van der Waals surface area contributed by atoms with Crippen LogP contribution in [0.3, 0.4) is 0 Å². The number of halogens is 2. The largest absolute Gasteiger partial charge is 0.314 e. The Balaban J connectivity index is 2.70. The fourth-order valence-electron chi connectivity index (χ4n) is 1.95. The zero-order valence-electron chi connectivity index (χ0n) is 10.6. The topological polar surface area (TPSA) is 12.0 Å². The first-order valence-electron chi connectivity index (χ1n) is 6.35. The first kappa shape index (κ1) is 14.1. The lowest BCUT2D eigenvalue weighted by atomic mass is 10.0. The van der Waals surface area contributed by atoms with Crippen LogP contribution in [0.5, 0.6) is 0 Å². The molecule has 0 bridgehead atoms. The molecular formula is C14H21F2N. The average molecular weight is 241 g/mol. The number of hydrogen-bond donors (Lipinski definition) is 1. The van der Waals surface area contributed by atoms with Crippen molar-refractivity contribution in [2.75, 3.05) is 6.54 Å². The number of nitrogens with one attached hydrogen (secondary N) is 1. The summed E-state index contributed by atoms with van der Waals surface area (Å²) in [6.07, 6.45) is 3.40. The minimum atomic E-state index is -0.440. The Bertz CT molecular complexity index is 319. The average Bonchev–Trinajstić information content (AvgIpc) is 2.31. The van der Waals surface area contributed by atoms with Crippen molar-refractivity contribution in [3.05, 3.63) is 35.4 Å². The van der Waals surface area contributed by atoms with Gasteiger partial charge in [-0.25, -0.2) is 8.78 Å². The highest BCUT2D eigenvalue weighted by atomic mass is 19.1. The van der Waals surface area contributed by atoms with Gasteiger partial charge < -0.3 is 5.32 Å². The molecule has 0 fully saturated rings. The normalized spacial score (nSPS) is 12.7. The second-order valence-electron chi connectivity index (χ2n) is 4.34. The predicted octanol–water partition coefficient (Wildman–Crippen LogP) is 3.68. The molecule has 1 nitrogen and oxygen atoms in total.